The van der Waals surface area contributed by atoms with Crippen molar-refractivity contribution >= 4 is 0 Å². The van der Waals surface area contributed by atoms with Crippen molar-refractivity contribution in [1.82, 2.24) is 10.2 Å². The van der Waals surface area contributed by atoms with Gasteiger partial charge in [-0.3, -0.25) is 4.90 Å². The fourth-order valence-corrected chi connectivity index (χ4v) is 2.38. The summed E-state index contributed by atoms with van der Waals surface area (Å²) in [5.41, 5.74) is 0. The first-order valence-electron chi connectivity index (χ1n) is 7.65. The molecule has 0 aliphatic rings. The maximum Gasteiger partial charge on any atom is 0.0615 e. The van der Waals surface area contributed by atoms with Crippen molar-refractivity contribution < 1.29 is 4.74 Å². The van der Waals surface area contributed by atoms with E-state index in [1.165, 1.54) is 32.2 Å². The van der Waals surface area contributed by atoms with Crippen LogP contribution >= 0.6 is 0 Å². The third-order valence-electron chi connectivity index (χ3n) is 3.61. The minimum Gasteiger partial charge on any atom is -0.383 e. The van der Waals surface area contributed by atoms with Gasteiger partial charge in [0.1, 0.15) is 0 Å². The van der Waals surface area contributed by atoms with Crippen LogP contribution in [-0.2, 0) is 4.74 Å². The molecule has 3 nitrogen and oxygen atoms in total. The molecule has 0 saturated carbocycles. The Morgan fingerprint density at radius 2 is 1.94 bits per heavy atom. The van der Waals surface area contributed by atoms with Crippen molar-refractivity contribution in [2.24, 2.45) is 0 Å². The zero-order chi connectivity index (χ0) is 13.8. The molecule has 110 valence electrons. The van der Waals surface area contributed by atoms with Crippen LogP contribution in [0, 0.1) is 0 Å². The van der Waals surface area contributed by atoms with Gasteiger partial charge >= 0.3 is 0 Å². The molecule has 0 aliphatic heterocycles. The van der Waals surface area contributed by atoms with Crippen molar-refractivity contribution in [1.29, 1.82) is 0 Å². The van der Waals surface area contributed by atoms with Gasteiger partial charge in [-0.25, -0.2) is 0 Å². The number of hydrogen-bond donors (Lipinski definition) is 1. The largest absolute Gasteiger partial charge is 0.383 e. The molecule has 0 fully saturated rings. The van der Waals surface area contributed by atoms with Crippen LogP contribution in [0.25, 0.3) is 0 Å². The van der Waals surface area contributed by atoms with E-state index in [0.29, 0.717) is 12.1 Å². The molecule has 0 bridgehead atoms. The number of hydrogen-bond acceptors (Lipinski definition) is 3. The average molecular weight is 258 g/mol. The standard InChI is InChI=1S/C15H34N2O/c1-6-11-16-15(7-2)10-9-12-17(8-3)14(4)13-18-5/h14-16H,6-13H2,1-5H3. The highest BCUT2D eigenvalue weighted by molar-refractivity contribution is 4.69. The molecule has 0 aromatic heterocycles. The van der Waals surface area contributed by atoms with Crippen molar-refractivity contribution in [2.45, 2.75) is 65.5 Å². The van der Waals surface area contributed by atoms with Gasteiger partial charge in [0, 0.05) is 19.2 Å². The maximum absolute atomic E-state index is 5.23. The lowest BCUT2D eigenvalue weighted by Gasteiger charge is -2.28. The highest BCUT2D eigenvalue weighted by Gasteiger charge is 2.12. The lowest BCUT2D eigenvalue weighted by Crippen LogP contribution is -2.37. The van der Waals surface area contributed by atoms with Gasteiger partial charge in [-0.2, -0.15) is 0 Å². The maximum atomic E-state index is 5.23. The molecule has 0 aliphatic carbocycles. The molecule has 0 heterocycles. The first-order chi connectivity index (χ1) is 8.69. The van der Waals surface area contributed by atoms with E-state index in [1.807, 2.05) is 0 Å². The number of likely N-dealkylation sites (N-methyl/N-ethyl adjacent to an activating group) is 1. The predicted octanol–water partition coefficient (Wildman–Crippen LogP) is 2.90. The van der Waals surface area contributed by atoms with Crippen LogP contribution in [-0.4, -0.2) is 50.3 Å². The fourth-order valence-electron chi connectivity index (χ4n) is 2.38. The Bertz CT molecular complexity index is 176. The zero-order valence-corrected chi connectivity index (χ0v) is 13.2. The minimum atomic E-state index is 0.531. The first kappa shape index (κ1) is 17.9. The van der Waals surface area contributed by atoms with E-state index in [1.54, 1.807) is 7.11 Å². The molecule has 3 heteroatoms. The molecule has 2 unspecified atom stereocenters. The van der Waals surface area contributed by atoms with E-state index in [-0.39, 0.29) is 0 Å². The molecular formula is C15H34N2O. The Morgan fingerprint density at radius 3 is 2.44 bits per heavy atom. The van der Waals surface area contributed by atoms with Gasteiger partial charge in [0.25, 0.3) is 0 Å². The van der Waals surface area contributed by atoms with Crippen LogP contribution in [0.15, 0.2) is 0 Å². The molecule has 0 rings (SSSR count). The van der Waals surface area contributed by atoms with Gasteiger partial charge in [-0.15, -0.1) is 0 Å². The Labute approximate surface area is 114 Å². The summed E-state index contributed by atoms with van der Waals surface area (Å²) >= 11 is 0. The Kier molecular flexibility index (Phi) is 11.9. The minimum absolute atomic E-state index is 0.531. The summed E-state index contributed by atoms with van der Waals surface area (Å²) in [6, 6.07) is 1.23. The van der Waals surface area contributed by atoms with Gasteiger partial charge in [-0.05, 0) is 52.2 Å². The first-order valence-corrected chi connectivity index (χ1v) is 7.65. The lowest BCUT2D eigenvalue weighted by atomic mass is 10.1. The van der Waals surface area contributed by atoms with Gasteiger partial charge < -0.3 is 10.1 Å². The summed E-state index contributed by atoms with van der Waals surface area (Å²) in [7, 11) is 1.78. The number of methoxy groups -OCH3 is 1. The second-order valence-corrected chi connectivity index (χ2v) is 5.13. The van der Waals surface area contributed by atoms with Crippen LogP contribution in [0.5, 0.6) is 0 Å². The molecule has 18 heavy (non-hydrogen) atoms. The zero-order valence-electron chi connectivity index (χ0n) is 13.2. The summed E-state index contributed by atoms with van der Waals surface area (Å²) in [5, 5.41) is 3.62. The number of rotatable bonds is 12. The van der Waals surface area contributed by atoms with E-state index < -0.39 is 0 Å². The molecule has 0 saturated heterocycles. The topological polar surface area (TPSA) is 24.5 Å². The highest BCUT2D eigenvalue weighted by Crippen LogP contribution is 2.06. The summed E-state index contributed by atoms with van der Waals surface area (Å²) in [6.07, 6.45) is 5.02. The molecular weight excluding hydrogens is 224 g/mol. The Balaban J connectivity index is 3.82. The van der Waals surface area contributed by atoms with E-state index in [4.69, 9.17) is 4.74 Å². The molecule has 0 amide bonds. The van der Waals surface area contributed by atoms with Crippen molar-refractivity contribution in [3.8, 4) is 0 Å². The van der Waals surface area contributed by atoms with Crippen LogP contribution in [0.4, 0.5) is 0 Å². The Morgan fingerprint density at radius 1 is 1.22 bits per heavy atom. The van der Waals surface area contributed by atoms with E-state index in [2.05, 4.69) is 37.9 Å². The normalized spacial score (nSPS) is 15.0. The summed E-state index contributed by atoms with van der Waals surface area (Å²) in [4.78, 5) is 2.51. The second-order valence-electron chi connectivity index (χ2n) is 5.13. The lowest BCUT2D eigenvalue weighted by molar-refractivity contribution is 0.101. The van der Waals surface area contributed by atoms with Crippen LogP contribution in [0.3, 0.4) is 0 Å². The second kappa shape index (κ2) is 11.9. The molecule has 0 radical (unpaired) electrons. The fraction of sp³-hybridized carbons (Fsp3) is 1.00. The monoisotopic (exact) mass is 258 g/mol. The number of ether oxygens (including phenoxy) is 1. The molecule has 2 atom stereocenters. The van der Waals surface area contributed by atoms with Gasteiger partial charge in [0.15, 0.2) is 0 Å². The number of nitrogens with zero attached hydrogens (tertiary/aromatic N) is 1. The van der Waals surface area contributed by atoms with Crippen LogP contribution in [0.1, 0.15) is 53.4 Å². The molecule has 0 aromatic rings. The van der Waals surface area contributed by atoms with Crippen molar-refractivity contribution in [3.63, 3.8) is 0 Å². The predicted molar refractivity (Wildman–Crippen MR) is 80.2 cm³/mol. The van der Waals surface area contributed by atoms with Crippen LogP contribution in [0.2, 0.25) is 0 Å². The van der Waals surface area contributed by atoms with Crippen LogP contribution < -0.4 is 5.32 Å². The van der Waals surface area contributed by atoms with Gasteiger partial charge in [0.2, 0.25) is 0 Å². The van der Waals surface area contributed by atoms with Crippen molar-refractivity contribution in [3.05, 3.63) is 0 Å². The quantitative estimate of drug-likeness (QED) is 0.582. The molecule has 1 N–H and O–H groups in total. The SMILES string of the molecule is CCCNC(CC)CCCN(CC)C(C)COC. The smallest absolute Gasteiger partial charge is 0.0615 e. The number of nitrogens with one attached hydrogen (secondary N) is 1. The third-order valence-corrected chi connectivity index (χ3v) is 3.61. The molecule has 0 aromatic carbocycles. The Hall–Kier alpha value is -0.120. The van der Waals surface area contributed by atoms with E-state index in [9.17, 15) is 0 Å². The third kappa shape index (κ3) is 8.06. The molecule has 0 spiro atoms. The summed E-state index contributed by atoms with van der Waals surface area (Å²) in [6.45, 7) is 13.3. The summed E-state index contributed by atoms with van der Waals surface area (Å²) in [5.74, 6) is 0. The van der Waals surface area contributed by atoms with E-state index >= 15 is 0 Å². The summed E-state index contributed by atoms with van der Waals surface area (Å²) < 4.78 is 5.23. The van der Waals surface area contributed by atoms with Gasteiger partial charge in [-0.1, -0.05) is 20.8 Å². The van der Waals surface area contributed by atoms with Crippen molar-refractivity contribution in [2.75, 3.05) is 33.4 Å². The van der Waals surface area contributed by atoms with Gasteiger partial charge in [0.05, 0.1) is 6.61 Å². The highest BCUT2D eigenvalue weighted by atomic mass is 16.5. The van der Waals surface area contributed by atoms with E-state index in [0.717, 1.165) is 19.7 Å². The average Bonchev–Trinajstić information content (AvgIpc) is 2.38.